The summed E-state index contributed by atoms with van der Waals surface area (Å²) in [7, 11) is 1.88. The van der Waals surface area contributed by atoms with Crippen molar-refractivity contribution in [1.29, 1.82) is 0 Å². The standard InChI is InChI=1S/C14H16N2O4/c1-16(10-3-5-13(17)15-14(10)18)7-9-2-4-11-12(6-9)20-8-19-11/h2,4,6,10H,3,5,7-8H2,1H3,(H,15,17,18)/t10-/m1/s1. The van der Waals surface area contributed by atoms with Gasteiger partial charge in [-0.25, -0.2) is 0 Å². The lowest BCUT2D eigenvalue weighted by atomic mass is 10.0. The SMILES string of the molecule is CN(Cc1ccc2c(c1)OCO2)[C@@H]1CCC(=O)NC1=O. The molecule has 0 aromatic heterocycles. The molecule has 0 bridgehead atoms. The van der Waals surface area contributed by atoms with Gasteiger partial charge in [0.15, 0.2) is 11.5 Å². The first-order valence-corrected chi connectivity index (χ1v) is 6.56. The molecule has 6 heteroatoms. The summed E-state index contributed by atoms with van der Waals surface area (Å²) in [5.74, 6) is 1.07. The van der Waals surface area contributed by atoms with E-state index in [1.807, 2.05) is 30.1 Å². The average molecular weight is 276 g/mol. The van der Waals surface area contributed by atoms with E-state index in [9.17, 15) is 9.59 Å². The Hall–Kier alpha value is -2.08. The number of benzene rings is 1. The molecule has 2 heterocycles. The van der Waals surface area contributed by atoms with Crippen molar-refractivity contribution < 1.29 is 19.1 Å². The molecule has 1 fully saturated rings. The third-order valence-corrected chi connectivity index (χ3v) is 3.61. The van der Waals surface area contributed by atoms with Gasteiger partial charge in [0.05, 0.1) is 6.04 Å². The van der Waals surface area contributed by atoms with Crippen molar-refractivity contribution in [2.45, 2.75) is 25.4 Å². The molecule has 106 valence electrons. The molecule has 0 radical (unpaired) electrons. The van der Waals surface area contributed by atoms with Gasteiger partial charge < -0.3 is 9.47 Å². The van der Waals surface area contributed by atoms with E-state index < -0.39 is 0 Å². The third kappa shape index (κ3) is 2.46. The lowest BCUT2D eigenvalue weighted by molar-refractivity contribution is -0.137. The van der Waals surface area contributed by atoms with Gasteiger partial charge in [-0.15, -0.1) is 0 Å². The van der Waals surface area contributed by atoms with E-state index in [-0.39, 0.29) is 24.6 Å². The summed E-state index contributed by atoms with van der Waals surface area (Å²) in [6.45, 7) is 0.866. The number of nitrogens with one attached hydrogen (secondary N) is 1. The molecule has 1 N–H and O–H groups in total. The number of fused-ring (bicyclic) bond motifs is 1. The van der Waals surface area contributed by atoms with Gasteiger partial charge >= 0.3 is 0 Å². The second kappa shape index (κ2) is 5.13. The van der Waals surface area contributed by atoms with E-state index in [1.165, 1.54) is 0 Å². The van der Waals surface area contributed by atoms with Crippen molar-refractivity contribution in [2.24, 2.45) is 0 Å². The summed E-state index contributed by atoms with van der Waals surface area (Å²) in [5.41, 5.74) is 1.04. The van der Waals surface area contributed by atoms with Crippen LogP contribution in [0.15, 0.2) is 18.2 Å². The fourth-order valence-electron chi connectivity index (χ4n) is 2.54. The number of imide groups is 1. The van der Waals surface area contributed by atoms with E-state index in [1.54, 1.807) is 0 Å². The number of hydrogen-bond acceptors (Lipinski definition) is 5. The lowest BCUT2D eigenvalue weighted by Gasteiger charge is -2.29. The molecule has 6 nitrogen and oxygen atoms in total. The van der Waals surface area contributed by atoms with Crippen molar-refractivity contribution in [1.82, 2.24) is 10.2 Å². The maximum absolute atomic E-state index is 11.8. The Morgan fingerprint density at radius 3 is 2.90 bits per heavy atom. The van der Waals surface area contributed by atoms with Crippen molar-refractivity contribution in [3.63, 3.8) is 0 Å². The molecule has 0 spiro atoms. The zero-order valence-electron chi connectivity index (χ0n) is 11.2. The molecule has 2 aliphatic rings. The van der Waals surface area contributed by atoms with Gasteiger partial charge in [0.1, 0.15) is 0 Å². The second-order valence-electron chi connectivity index (χ2n) is 5.07. The van der Waals surface area contributed by atoms with E-state index in [0.717, 1.165) is 17.1 Å². The number of piperidine rings is 1. The largest absolute Gasteiger partial charge is 0.454 e. The summed E-state index contributed by atoms with van der Waals surface area (Å²) in [6.07, 6.45) is 0.952. The summed E-state index contributed by atoms with van der Waals surface area (Å²) < 4.78 is 10.6. The summed E-state index contributed by atoms with van der Waals surface area (Å²) in [5, 5.41) is 2.37. The van der Waals surface area contributed by atoms with Crippen LogP contribution in [0.5, 0.6) is 11.5 Å². The van der Waals surface area contributed by atoms with Crippen LogP contribution in [0.3, 0.4) is 0 Å². The van der Waals surface area contributed by atoms with E-state index in [2.05, 4.69) is 5.32 Å². The number of likely N-dealkylation sites (N-methyl/N-ethyl adjacent to an activating group) is 1. The first-order chi connectivity index (χ1) is 9.63. The van der Waals surface area contributed by atoms with Gasteiger partial charge in [-0.3, -0.25) is 19.8 Å². The Bertz CT molecular complexity index is 558. The molecule has 2 amide bonds. The molecular formula is C14H16N2O4. The van der Waals surface area contributed by atoms with Crippen LogP contribution in [-0.2, 0) is 16.1 Å². The molecule has 0 aliphatic carbocycles. The van der Waals surface area contributed by atoms with Crippen molar-refractivity contribution in [3.05, 3.63) is 23.8 Å². The summed E-state index contributed by atoms with van der Waals surface area (Å²) in [6, 6.07) is 5.48. The van der Waals surface area contributed by atoms with Crippen LogP contribution in [0.2, 0.25) is 0 Å². The summed E-state index contributed by atoms with van der Waals surface area (Å²) >= 11 is 0. The fourth-order valence-corrected chi connectivity index (χ4v) is 2.54. The Morgan fingerprint density at radius 1 is 1.30 bits per heavy atom. The Kier molecular flexibility index (Phi) is 3.31. The van der Waals surface area contributed by atoms with Crippen LogP contribution in [0, 0.1) is 0 Å². The average Bonchev–Trinajstić information content (AvgIpc) is 2.85. The third-order valence-electron chi connectivity index (χ3n) is 3.61. The van der Waals surface area contributed by atoms with Gasteiger partial charge in [-0.1, -0.05) is 6.07 Å². The fraction of sp³-hybridized carbons (Fsp3) is 0.429. The van der Waals surface area contributed by atoms with Crippen LogP contribution in [0.25, 0.3) is 0 Å². The smallest absolute Gasteiger partial charge is 0.243 e. The van der Waals surface area contributed by atoms with Crippen molar-refractivity contribution >= 4 is 11.8 Å². The minimum atomic E-state index is -0.266. The number of ether oxygens (including phenoxy) is 2. The Morgan fingerprint density at radius 2 is 2.10 bits per heavy atom. The highest BCUT2D eigenvalue weighted by Crippen LogP contribution is 2.32. The highest BCUT2D eigenvalue weighted by atomic mass is 16.7. The highest BCUT2D eigenvalue weighted by molar-refractivity contribution is 6.00. The first-order valence-electron chi connectivity index (χ1n) is 6.56. The predicted octanol–water partition coefficient (Wildman–Crippen LogP) is 0.652. The molecule has 2 aliphatic heterocycles. The molecule has 1 atom stereocenters. The van der Waals surface area contributed by atoms with Gasteiger partial charge in [-0.05, 0) is 31.2 Å². The molecule has 0 saturated carbocycles. The lowest BCUT2D eigenvalue weighted by Crippen LogP contribution is -2.50. The number of hydrogen-bond donors (Lipinski definition) is 1. The molecule has 3 rings (SSSR count). The molecular weight excluding hydrogens is 260 g/mol. The number of nitrogens with zero attached hydrogens (tertiary/aromatic N) is 1. The van der Waals surface area contributed by atoms with Crippen molar-refractivity contribution in [2.75, 3.05) is 13.8 Å². The van der Waals surface area contributed by atoms with Crippen LogP contribution >= 0.6 is 0 Å². The highest BCUT2D eigenvalue weighted by Gasteiger charge is 2.29. The number of carbonyl (C=O) groups excluding carboxylic acids is 2. The maximum Gasteiger partial charge on any atom is 0.243 e. The van der Waals surface area contributed by atoms with Gasteiger partial charge in [-0.2, -0.15) is 0 Å². The van der Waals surface area contributed by atoms with E-state index >= 15 is 0 Å². The maximum atomic E-state index is 11.8. The summed E-state index contributed by atoms with van der Waals surface area (Å²) in [4.78, 5) is 24.9. The quantitative estimate of drug-likeness (QED) is 0.821. The van der Waals surface area contributed by atoms with Gasteiger partial charge in [0.2, 0.25) is 18.6 Å². The van der Waals surface area contributed by atoms with Crippen LogP contribution < -0.4 is 14.8 Å². The normalized spacial score (nSPS) is 21.2. The molecule has 20 heavy (non-hydrogen) atoms. The number of rotatable bonds is 3. The van der Waals surface area contributed by atoms with E-state index in [0.29, 0.717) is 19.4 Å². The minimum absolute atomic E-state index is 0.192. The van der Waals surface area contributed by atoms with E-state index in [4.69, 9.17) is 9.47 Å². The van der Waals surface area contributed by atoms with Crippen LogP contribution in [-0.4, -0.2) is 36.6 Å². The number of amides is 2. The number of carbonyl (C=O) groups is 2. The second-order valence-corrected chi connectivity index (χ2v) is 5.07. The molecule has 1 saturated heterocycles. The molecule has 1 aromatic rings. The molecule has 1 aromatic carbocycles. The van der Waals surface area contributed by atoms with Crippen LogP contribution in [0.1, 0.15) is 18.4 Å². The first kappa shape index (κ1) is 12.9. The molecule has 0 unspecified atom stereocenters. The Labute approximate surface area is 116 Å². The topological polar surface area (TPSA) is 67.9 Å². The Balaban J connectivity index is 1.68. The minimum Gasteiger partial charge on any atom is -0.454 e. The van der Waals surface area contributed by atoms with Crippen LogP contribution in [0.4, 0.5) is 0 Å². The zero-order chi connectivity index (χ0) is 14.1. The van der Waals surface area contributed by atoms with Gasteiger partial charge in [0.25, 0.3) is 0 Å². The van der Waals surface area contributed by atoms with Crippen molar-refractivity contribution in [3.8, 4) is 11.5 Å². The zero-order valence-corrected chi connectivity index (χ0v) is 11.2. The predicted molar refractivity (Wildman–Crippen MR) is 70.2 cm³/mol. The van der Waals surface area contributed by atoms with Gasteiger partial charge in [0, 0.05) is 13.0 Å². The monoisotopic (exact) mass is 276 g/mol.